The SMILES string of the molecule is CCc1nc(-c2ccc3c(c2)OCC3NC(=O)c2cc(C)nn2C)no1. The van der Waals surface area contributed by atoms with Gasteiger partial charge in [0.05, 0.1) is 11.7 Å². The number of amides is 1. The van der Waals surface area contributed by atoms with Gasteiger partial charge in [-0.3, -0.25) is 9.48 Å². The van der Waals surface area contributed by atoms with Gasteiger partial charge in [-0.25, -0.2) is 0 Å². The van der Waals surface area contributed by atoms with Crippen molar-refractivity contribution in [3.8, 4) is 17.1 Å². The Balaban J connectivity index is 1.54. The zero-order valence-corrected chi connectivity index (χ0v) is 14.8. The summed E-state index contributed by atoms with van der Waals surface area (Å²) in [5.41, 5.74) is 3.07. The second-order valence-electron chi connectivity index (χ2n) is 6.25. The molecule has 26 heavy (non-hydrogen) atoms. The van der Waals surface area contributed by atoms with Crippen molar-refractivity contribution in [1.82, 2.24) is 25.2 Å². The molecule has 0 bridgehead atoms. The molecule has 8 nitrogen and oxygen atoms in total. The summed E-state index contributed by atoms with van der Waals surface area (Å²) in [7, 11) is 1.75. The van der Waals surface area contributed by atoms with E-state index in [4.69, 9.17) is 9.26 Å². The molecular weight excluding hydrogens is 334 g/mol. The van der Waals surface area contributed by atoms with Crippen LogP contribution in [0.15, 0.2) is 28.8 Å². The van der Waals surface area contributed by atoms with Crippen molar-refractivity contribution >= 4 is 5.91 Å². The molecule has 1 aliphatic heterocycles. The molecule has 8 heteroatoms. The number of aromatic nitrogens is 4. The molecule has 3 aromatic rings. The minimum atomic E-state index is -0.210. The molecule has 1 unspecified atom stereocenters. The lowest BCUT2D eigenvalue weighted by Gasteiger charge is -2.11. The van der Waals surface area contributed by atoms with E-state index in [0.717, 1.165) is 22.6 Å². The summed E-state index contributed by atoms with van der Waals surface area (Å²) in [6, 6.07) is 7.26. The average molecular weight is 353 g/mol. The van der Waals surface area contributed by atoms with Gasteiger partial charge >= 0.3 is 0 Å². The maximum atomic E-state index is 12.5. The summed E-state index contributed by atoms with van der Waals surface area (Å²) in [4.78, 5) is 16.8. The number of nitrogens with zero attached hydrogens (tertiary/aromatic N) is 4. The number of aryl methyl sites for hydroxylation is 3. The van der Waals surface area contributed by atoms with E-state index < -0.39 is 0 Å². The molecule has 0 aliphatic carbocycles. The third-order valence-corrected chi connectivity index (χ3v) is 4.36. The largest absolute Gasteiger partial charge is 0.491 e. The van der Waals surface area contributed by atoms with Crippen LogP contribution in [0, 0.1) is 6.92 Å². The molecule has 0 saturated heterocycles. The van der Waals surface area contributed by atoms with Crippen LogP contribution in [0.5, 0.6) is 5.75 Å². The zero-order chi connectivity index (χ0) is 18.3. The third kappa shape index (κ3) is 2.83. The maximum Gasteiger partial charge on any atom is 0.270 e. The Morgan fingerprint density at radius 2 is 2.23 bits per heavy atom. The summed E-state index contributed by atoms with van der Waals surface area (Å²) in [6.07, 6.45) is 0.691. The minimum absolute atomic E-state index is 0.176. The van der Waals surface area contributed by atoms with Crippen molar-refractivity contribution in [2.24, 2.45) is 7.05 Å². The Morgan fingerprint density at radius 1 is 1.38 bits per heavy atom. The Bertz CT molecular complexity index is 975. The van der Waals surface area contributed by atoms with E-state index in [1.54, 1.807) is 17.8 Å². The lowest BCUT2D eigenvalue weighted by molar-refractivity contribution is 0.0920. The third-order valence-electron chi connectivity index (χ3n) is 4.36. The number of nitrogens with one attached hydrogen (secondary N) is 1. The summed E-state index contributed by atoms with van der Waals surface area (Å²) < 4.78 is 12.5. The number of carbonyl (C=O) groups is 1. The fourth-order valence-electron chi connectivity index (χ4n) is 3.04. The van der Waals surface area contributed by atoms with E-state index in [0.29, 0.717) is 30.4 Å². The molecule has 3 heterocycles. The molecule has 0 fully saturated rings. The van der Waals surface area contributed by atoms with E-state index >= 15 is 0 Å². The molecule has 1 atom stereocenters. The van der Waals surface area contributed by atoms with Crippen molar-refractivity contribution in [3.05, 3.63) is 47.1 Å². The van der Waals surface area contributed by atoms with E-state index in [-0.39, 0.29) is 11.9 Å². The highest BCUT2D eigenvalue weighted by molar-refractivity contribution is 5.93. The number of hydrogen-bond acceptors (Lipinski definition) is 6. The Labute approximate surface area is 150 Å². The number of rotatable bonds is 4. The Kier molecular flexibility index (Phi) is 3.95. The predicted molar refractivity (Wildman–Crippen MR) is 92.8 cm³/mol. The van der Waals surface area contributed by atoms with Crippen LogP contribution in [0.4, 0.5) is 0 Å². The molecule has 0 spiro atoms. The number of benzene rings is 1. The van der Waals surface area contributed by atoms with Gasteiger partial charge in [-0.05, 0) is 19.1 Å². The molecule has 1 N–H and O–H groups in total. The highest BCUT2D eigenvalue weighted by Gasteiger charge is 2.27. The van der Waals surface area contributed by atoms with Crippen molar-refractivity contribution in [1.29, 1.82) is 0 Å². The van der Waals surface area contributed by atoms with Crippen LogP contribution in [0.2, 0.25) is 0 Å². The van der Waals surface area contributed by atoms with Crippen molar-refractivity contribution in [2.75, 3.05) is 6.61 Å². The quantitative estimate of drug-likeness (QED) is 0.773. The van der Waals surface area contributed by atoms with Gasteiger partial charge in [0.2, 0.25) is 11.7 Å². The van der Waals surface area contributed by atoms with Crippen LogP contribution in [-0.4, -0.2) is 32.4 Å². The molecule has 0 radical (unpaired) electrons. The second-order valence-corrected chi connectivity index (χ2v) is 6.25. The van der Waals surface area contributed by atoms with Crippen LogP contribution >= 0.6 is 0 Å². The average Bonchev–Trinajstić information content (AvgIpc) is 3.33. The van der Waals surface area contributed by atoms with Gasteiger partial charge in [-0.1, -0.05) is 24.2 Å². The first-order valence-corrected chi connectivity index (χ1v) is 8.46. The first-order chi connectivity index (χ1) is 12.5. The molecule has 134 valence electrons. The number of hydrogen-bond donors (Lipinski definition) is 1. The number of carbonyl (C=O) groups excluding carboxylic acids is 1. The van der Waals surface area contributed by atoms with E-state index in [9.17, 15) is 4.79 Å². The number of ether oxygens (including phenoxy) is 1. The first-order valence-electron chi connectivity index (χ1n) is 8.46. The summed E-state index contributed by atoms with van der Waals surface area (Å²) in [5, 5.41) is 11.2. The molecule has 4 rings (SSSR count). The Hall–Kier alpha value is -3.16. The molecule has 1 aromatic carbocycles. The zero-order valence-electron chi connectivity index (χ0n) is 14.8. The highest BCUT2D eigenvalue weighted by Crippen LogP contribution is 2.35. The van der Waals surface area contributed by atoms with Crippen LogP contribution in [0.25, 0.3) is 11.4 Å². The van der Waals surface area contributed by atoms with Crippen molar-refractivity contribution in [3.63, 3.8) is 0 Å². The normalized spacial score (nSPS) is 15.6. The van der Waals surface area contributed by atoms with Crippen LogP contribution in [0.3, 0.4) is 0 Å². The first kappa shape index (κ1) is 16.3. The lowest BCUT2D eigenvalue weighted by atomic mass is 10.1. The fourth-order valence-corrected chi connectivity index (χ4v) is 3.04. The van der Waals surface area contributed by atoms with E-state index in [1.807, 2.05) is 32.0 Å². The van der Waals surface area contributed by atoms with Crippen LogP contribution in [0.1, 0.15) is 40.6 Å². The van der Waals surface area contributed by atoms with E-state index in [2.05, 4.69) is 20.6 Å². The molecule has 1 aliphatic rings. The van der Waals surface area contributed by atoms with Gasteiger partial charge in [-0.15, -0.1) is 0 Å². The minimum Gasteiger partial charge on any atom is -0.491 e. The van der Waals surface area contributed by atoms with Crippen molar-refractivity contribution in [2.45, 2.75) is 26.3 Å². The summed E-state index contributed by atoms with van der Waals surface area (Å²) in [6.45, 7) is 4.20. The molecule has 1 amide bonds. The lowest BCUT2D eigenvalue weighted by Crippen LogP contribution is -2.30. The molecule has 2 aromatic heterocycles. The van der Waals surface area contributed by atoms with Gasteiger partial charge in [0.1, 0.15) is 18.1 Å². The Morgan fingerprint density at radius 3 is 2.92 bits per heavy atom. The predicted octanol–water partition coefficient (Wildman–Crippen LogP) is 2.20. The van der Waals surface area contributed by atoms with Crippen LogP contribution in [-0.2, 0) is 13.5 Å². The smallest absolute Gasteiger partial charge is 0.270 e. The van der Waals surface area contributed by atoms with Gasteiger partial charge in [0, 0.05) is 24.6 Å². The fraction of sp³-hybridized carbons (Fsp3) is 0.333. The van der Waals surface area contributed by atoms with E-state index in [1.165, 1.54) is 0 Å². The van der Waals surface area contributed by atoms with Crippen LogP contribution < -0.4 is 10.1 Å². The second kappa shape index (κ2) is 6.29. The van der Waals surface area contributed by atoms with Crippen molar-refractivity contribution < 1.29 is 14.1 Å². The summed E-state index contributed by atoms with van der Waals surface area (Å²) in [5.74, 6) is 1.67. The van der Waals surface area contributed by atoms with Gasteiger partial charge in [0.15, 0.2) is 0 Å². The monoisotopic (exact) mass is 353 g/mol. The molecule has 0 saturated carbocycles. The van der Waals surface area contributed by atoms with Gasteiger partial charge < -0.3 is 14.6 Å². The topological polar surface area (TPSA) is 95.1 Å². The summed E-state index contributed by atoms with van der Waals surface area (Å²) >= 11 is 0. The highest BCUT2D eigenvalue weighted by atomic mass is 16.5. The molecular formula is C18H19N5O3. The maximum absolute atomic E-state index is 12.5. The standard InChI is InChI=1S/C18H19N5O3/c1-4-16-20-17(22-26-16)11-5-6-12-13(9-25-15(12)8-11)19-18(24)14-7-10(2)21-23(14)3/h5-8,13H,4,9H2,1-3H3,(H,19,24). The number of fused-ring (bicyclic) bond motifs is 1. The van der Waals surface area contributed by atoms with Gasteiger partial charge in [0.25, 0.3) is 5.91 Å². The van der Waals surface area contributed by atoms with Gasteiger partial charge in [-0.2, -0.15) is 10.1 Å².